The number of amides is 1. The van der Waals surface area contributed by atoms with E-state index >= 15 is 0 Å². The fraction of sp³-hybridized carbons (Fsp3) is 0.500. The van der Waals surface area contributed by atoms with Gasteiger partial charge >= 0.3 is 0 Å². The zero-order valence-electron chi connectivity index (χ0n) is 18.5. The predicted molar refractivity (Wildman–Crippen MR) is 125 cm³/mol. The fourth-order valence-electron chi connectivity index (χ4n) is 5.40. The molecule has 0 unspecified atom stereocenters. The number of ether oxygens (including phenoxy) is 2. The molecule has 1 amide bonds. The molecule has 6 nitrogen and oxygen atoms in total. The average molecular weight is 434 g/mol. The lowest BCUT2D eigenvalue weighted by Crippen LogP contribution is -2.46. The molecule has 168 valence electrons. The first-order valence-electron chi connectivity index (χ1n) is 12.1. The Labute approximate surface area is 189 Å². The Morgan fingerprint density at radius 3 is 2.88 bits per heavy atom. The van der Waals surface area contributed by atoms with E-state index in [1.165, 1.54) is 16.8 Å². The molecule has 0 aromatic heterocycles. The number of unbranched alkanes of at least 4 members (excludes halogenated alkanes) is 1. The van der Waals surface area contributed by atoms with E-state index in [9.17, 15) is 4.79 Å². The highest BCUT2D eigenvalue weighted by Crippen LogP contribution is 2.53. The van der Waals surface area contributed by atoms with Crippen molar-refractivity contribution in [1.29, 1.82) is 0 Å². The third-order valence-electron chi connectivity index (χ3n) is 7.35. The van der Waals surface area contributed by atoms with E-state index in [-0.39, 0.29) is 11.8 Å². The summed E-state index contributed by atoms with van der Waals surface area (Å²) in [5.74, 6) is 2.77. The van der Waals surface area contributed by atoms with Gasteiger partial charge in [-0.3, -0.25) is 9.69 Å². The van der Waals surface area contributed by atoms with Crippen LogP contribution in [0.3, 0.4) is 0 Å². The molecule has 0 spiro atoms. The van der Waals surface area contributed by atoms with E-state index in [0.717, 1.165) is 82.2 Å². The molecule has 2 aromatic rings. The zero-order valence-corrected chi connectivity index (χ0v) is 18.5. The van der Waals surface area contributed by atoms with Crippen LogP contribution < -0.4 is 19.7 Å². The van der Waals surface area contributed by atoms with Gasteiger partial charge in [-0.2, -0.15) is 0 Å². The van der Waals surface area contributed by atoms with Gasteiger partial charge in [0, 0.05) is 50.3 Å². The molecule has 32 heavy (non-hydrogen) atoms. The number of carbonyl (C=O) groups is 1. The van der Waals surface area contributed by atoms with Gasteiger partial charge in [0.25, 0.3) is 0 Å². The largest absolute Gasteiger partial charge is 0.494 e. The molecule has 2 atom stereocenters. The molecule has 2 fully saturated rings. The Balaban J connectivity index is 0.927. The van der Waals surface area contributed by atoms with Crippen molar-refractivity contribution in [2.75, 3.05) is 56.2 Å². The van der Waals surface area contributed by atoms with Crippen molar-refractivity contribution in [3.8, 4) is 11.5 Å². The summed E-state index contributed by atoms with van der Waals surface area (Å²) in [6.07, 6.45) is 4.20. The number of benzene rings is 2. The summed E-state index contributed by atoms with van der Waals surface area (Å²) in [7, 11) is 0. The van der Waals surface area contributed by atoms with Gasteiger partial charge in [-0.05, 0) is 55.0 Å². The maximum Gasteiger partial charge on any atom is 0.228 e. The maximum atomic E-state index is 11.9. The van der Waals surface area contributed by atoms with Gasteiger partial charge in [-0.15, -0.1) is 0 Å². The third-order valence-corrected chi connectivity index (χ3v) is 7.35. The molecule has 0 bridgehead atoms. The van der Waals surface area contributed by atoms with Gasteiger partial charge in [0.15, 0.2) is 0 Å². The van der Waals surface area contributed by atoms with Crippen LogP contribution >= 0.6 is 0 Å². The Bertz CT molecular complexity index is 1020. The molecule has 6 rings (SSSR count). The van der Waals surface area contributed by atoms with Crippen LogP contribution in [0, 0.1) is 5.92 Å². The first-order valence-corrected chi connectivity index (χ1v) is 12.1. The van der Waals surface area contributed by atoms with Gasteiger partial charge in [-0.1, -0.05) is 18.2 Å². The average Bonchev–Trinajstić information content (AvgIpc) is 3.49. The number of piperazine rings is 1. The number of anilines is 2. The zero-order chi connectivity index (χ0) is 21.5. The molecule has 0 radical (unpaired) electrons. The Morgan fingerprint density at radius 1 is 1.06 bits per heavy atom. The quantitative estimate of drug-likeness (QED) is 0.676. The van der Waals surface area contributed by atoms with E-state index in [1.807, 2.05) is 6.07 Å². The number of nitrogens with one attached hydrogen (secondary N) is 1. The first kappa shape index (κ1) is 19.9. The van der Waals surface area contributed by atoms with Crippen molar-refractivity contribution in [2.24, 2.45) is 5.92 Å². The summed E-state index contributed by atoms with van der Waals surface area (Å²) in [4.78, 5) is 17.0. The van der Waals surface area contributed by atoms with Crippen LogP contribution in [0.25, 0.3) is 0 Å². The highest BCUT2D eigenvalue weighted by Gasteiger charge is 2.48. The Morgan fingerprint density at radius 2 is 1.97 bits per heavy atom. The number of hydrogen-bond acceptors (Lipinski definition) is 5. The molecule has 3 aliphatic heterocycles. The van der Waals surface area contributed by atoms with Crippen LogP contribution in [-0.4, -0.2) is 56.7 Å². The number of hydrogen-bond donors (Lipinski definition) is 1. The number of fused-ring (bicyclic) bond motifs is 4. The minimum absolute atomic E-state index is 0.170. The standard InChI is InChI=1S/C26H31N3O3/c30-26-22-17-21(22)20-7-6-19(16-23(20)27-26)31-14-2-1-9-28-10-12-29(13-11-28)24-5-3-4-18-8-15-32-25(18)24/h3-7,16,21-22H,1-2,8-15,17H2,(H,27,30)/t21-,22-/m0/s1. The lowest BCUT2D eigenvalue weighted by Gasteiger charge is -2.36. The fourth-order valence-corrected chi connectivity index (χ4v) is 5.40. The number of para-hydroxylation sites is 1. The molecule has 1 saturated heterocycles. The van der Waals surface area contributed by atoms with Gasteiger partial charge in [0.2, 0.25) is 5.91 Å². The molecular weight excluding hydrogens is 402 g/mol. The molecule has 6 heteroatoms. The highest BCUT2D eigenvalue weighted by atomic mass is 16.5. The van der Waals surface area contributed by atoms with Crippen molar-refractivity contribution >= 4 is 17.3 Å². The summed E-state index contributed by atoms with van der Waals surface area (Å²) >= 11 is 0. The molecule has 1 saturated carbocycles. The molecule has 4 aliphatic rings. The van der Waals surface area contributed by atoms with Crippen LogP contribution in [0.15, 0.2) is 36.4 Å². The Hall–Kier alpha value is -2.73. The first-order chi connectivity index (χ1) is 15.8. The minimum Gasteiger partial charge on any atom is -0.494 e. The molecule has 1 N–H and O–H groups in total. The maximum absolute atomic E-state index is 11.9. The van der Waals surface area contributed by atoms with Crippen LogP contribution in [-0.2, 0) is 11.2 Å². The summed E-state index contributed by atoms with van der Waals surface area (Å²) in [6, 6.07) is 12.7. The summed E-state index contributed by atoms with van der Waals surface area (Å²) in [5, 5.41) is 3.03. The number of rotatable bonds is 7. The number of nitrogens with zero attached hydrogens (tertiary/aromatic N) is 2. The topological polar surface area (TPSA) is 54.0 Å². The van der Waals surface area contributed by atoms with Crippen molar-refractivity contribution in [2.45, 2.75) is 31.6 Å². The molecule has 1 aliphatic carbocycles. The van der Waals surface area contributed by atoms with Gasteiger partial charge in [-0.25, -0.2) is 0 Å². The normalized spacial score (nSPS) is 23.6. The van der Waals surface area contributed by atoms with Crippen molar-refractivity contribution in [3.05, 3.63) is 47.5 Å². The Kier molecular flexibility index (Phi) is 5.18. The van der Waals surface area contributed by atoms with Gasteiger partial charge in [0.1, 0.15) is 11.5 Å². The number of carbonyl (C=O) groups excluding carboxylic acids is 1. The van der Waals surface area contributed by atoms with Crippen LogP contribution in [0.2, 0.25) is 0 Å². The van der Waals surface area contributed by atoms with E-state index < -0.39 is 0 Å². The molecule has 3 heterocycles. The third kappa shape index (κ3) is 3.81. The van der Waals surface area contributed by atoms with Crippen LogP contribution in [0.1, 0.15) is 36.3 Å². The molecular formula is C26H31N3O3. The smallest absolute Gasteiger partial charge is 0.228 e. The van der Waals surface area contributed by atoms with E-state index in [2.05, 4.69) is 45.4 Å². The van der Waals surface area contributed by atoms with E-state index in [4.69, 9.17) is 9.47 Å². The minimum atomic E-state index is 0.170. The van der Waals surface area contributed by atoms with Crippen LogP contribution in [0.4, 0.5) is 11.4 Å². The van der Waals surface area contributed by atoms with Gasteiger partial charge < -0.3 is 19.7 Å². The SMILES string of the molecule is O=C1Nc2cc(OCCCCN3CCN(c4cccc5c4OCC5)CC3)ccc2[C@@H]2C[C@H]12. The summed E-state index contributed by atoms with van der Waals surface area (Å²) in [5.41, 5.74) is 4.83. The van der Waals surface area contributed by atoms with Crippen molar-refractivity contribution < 1.29 is 14.3 Å². The van der Waals surface area contributed by atoms with Crippen LogP contribution in [0.5, 0.6) is 11.5 Å². The van der Waals surface area contributed by atoms with Gasteiger partial charge in [0.05, 0.1) is 18.9 Å². The summed E-state index contributed by atoms with van der Waals surface area (Å²) in [6.45, 7) is 6.94. The lowest BCUT2D eigenvalue weighted by molar-refractivity contribution is -0.117. The van der Waals surface area contributed by atoms with E-state index in [1.54, 1.807) is 0 Å². The van der Waals surface area contributed by atoms with Crippen molar-refractivity contribution in [3.63, 3.8) is 0 Å². The second kappa shape index (κ2) is 8.32. The van der Waals surface area contributed by atoms with E-state index in [0.29, 0.717) is 12.5 Å². The molecule has 2 aromatic carbocycles. The second-order valence-electron chi connectivity index (χ2n) is 9.44. The summed E-state index contributed by atoms with van der Waals surface area (Å²) < 4.78 is 11.9. The lowest BCUT2D eigenvalue weighted by atomic mass is 10.0. The second-order valence-corrected chi connectivity index (χ2v) is 9.44. The predicted octanol–water partition coefficient (Wildman–Crippen LogP) is 3.66. The van der Waals surface area contributed by atoms with Crippen molar-refractivity contribution in [1.82, 2.24) is 4.90 Å². The highest BCUT2D eigenvalue weighted by molar-refractivity contribution is 5.99. The monoisotopic (exact) mass is 433 g/mol.